The van der Waals surface area contributed by atoms with E-state index < -0.39 is 0 Å². The van der Waals surface area contributed by atoms with Gasteiger partial charge in [-0.2, -0.15) is 0 Å². The van der Waals surface area contributed by atoms with Crippen molar-refractivity contribution < 1.29 is 0 Å². The second-order valence-corrected chi connectivity index (χ2v) is 3.98. The number of hydrogen-bond acceptors (Lipinski definition) is 3. The van der Waals surface area contributed by atoms with Crippen LogP contribution in [0.2, 0.25) is 0 Å². The lowest BCUT2D eigenvalue weighted by Crippen LogP contribution is -2.21. The van der Waals surface area contributed by atoms with Gasteiger partial charge in [0.25, 0.3) is 5.56 Å². The van der Waals surface area contributed by atoms with Crippen LogP contribution in [-0.2, 0) is 6.54 Å². The third kappa shape index (κ3) is 2.57. The van der Waals surface area contributed by atoms with Crippen molar-refractivity contribution in [3.05, 3.63) is 64.3 Å². The molecule has 0 aromatic carbocycles. The zero-order chi connectivity index (χ0) is 12.3. The van der Waals surface area contributed by atoms with E-state index in [1.54, 1.807) is 35.2 Å². The zero-order valence-corrected chi connectivity index (χ0v) is 9.85. The van der Waals surface area contributed by atoms with E-state index in [1.165, 1.54) is 6.07 Å². The molecule has 4 nitrogen and oxygen atoms in total. The van der Waals surface area contributed by atoms with Crippen molar-refractivity contribution in [1.82, 2.24) is 9.55 Å². The normalized spacial score (nSPS) is 10.1. The minimum atomic E-state index is -0.0646. The van der Waals surface area contributed by atoms with Gasteiger partial charge < -0.3 is 10.3 Å². The van der Waals surface area contributed by atoms with Crippen LogP contribution in [0.3, 0.4) is 0 Å². The summed E-state index contributed by atoms with van der Waals surface area (Å²) in [5.41, 5.74) is 6.93. The van der Waals surface area contributed by atoms with E-state index in [4.69, 9.17) is 18.0 Å². The lowest BCUT2D eigenvalue weighted by molar-refractivity contribution is 0.755. The summed E-state index contributed by atoms with van der Waals surface area (Å²) in [6, 6.07) is 8.68. The van der Waals surface area contributed by atoms with Crippen molar-refractivity contribution in [3.8, 4) is 0 Å². The Labute approximate surface area is 104 Å². The molecule has 2 rings (SSSR count). The highest BCUT2D eigenvalue weighted by Gasteiger charge is 2.06. The van der Waals surface area contributed by atoms with Gasteiger partial charge >= 0.3 is 0 Å². The summed E-state index contributed by atoms with van der Waals surface area (Å²) in [5.74, 6) is 0. The van der Waals surface area contributed by atoms with Crippen LogP contribution in [0.1, 0.15) is 11.3 Å². The van der Waals surface area contributed by atoms with Crippen LogP contribution >= 0.6 is 12.2 Å². The Bertz CT molecular complexity index is 606. The Kier molecular flexibility index (Phi) is 3.30. The molecule has 0 amide bonds. The van der Waals surface area contributed by atoms with Gasteiger partial charge in [-0.15, -0.1) is 0 Å². The maximum absolute atomic E-state index is 11.6. The van der Waals surface area contributed by atoms with Crippen molar-refractivity contribution >= 4 is 17.2 Å². The Hall–Kier alpha value is -2.01. The molecule has 5 heteroatoms. The predicted octanol–water partition coefficient (Wildman–Crippen LogP) is 0.926. The van der Waals surface area contributed by atoms with Crippen LogP contribution in [0, 0.1) is 0 Å². The molecule has 0 aliphatic rings. The molecule has 2 N–H and O–H groups in total. The second kappa shape index (κ2) is 4.88. The summed E-state index contributed by atoms with van der Waals surface area (Å²) in [6.45, 7) is 0.417. The van der Waals surface area contributed by atoms with Crippen LogP contribution in [0.25, 0.3) is 0 Å². The summed E-state index contributed by atoms with van der Waals surface area (Å²) in [5, 5.41) is 0. The van der Waals surface area contributed by atoms with Gasteiger partial charge in [0, 0.05) is 24.0 Å². The monoisotopic (exact) mass is 245 g/mol. The molecule has 0 fully saturated rings. The van der Waals surface area contributed by atoms with Gasteiger partial charge in [-0.05, 0) is 12.1 Å². The van der Waals surface area contributed by atoms with Crippen LogP contribution < -0.4 is 11.3 Å². The average molecular weight is 245 g/mol. The van der Waals surface area contributed by atoms with Crippen LogP contribution in [0.4, 0.5) is 0 Å². The van der Waals surface area contributed by atoms with E-state index in [2.05, 4.69) is 4.98 Å². The summed E-state index contributed by atoms with van der Waals surface area (Å²) in [6.07, 6.45) is 3.35. The molecule has 0 saturated carbocycles. The van der Waals surface area contributed by atoms with Crippen molar-refractivity contribution in [2.45, 2.75) is 6.54 Å². The molecule has 0 spiro atoms. The molecule has 0 bridgehead atoms. The fourth-order valence-electron chi connectivity index (χ4n) is 1.56. The standard InChI is InChI=1S/C12H11N3OS/c13-12(17)11-9(4-3-6-14-11)8-15-7-2-1-5-10(15)16/h1-7H,8H2,(H2,13,17). The predicted molar refractivity (Wildman–Crippen MR) is 69.9 cm³/mol. The van der Waals surface area contributed by atoms with Crippen LogP contribution in [0.5, 0.6) is 0 Å². The van der Waals surface area contributed by atoms with Gasteiger partial charge in [-0.1, -0.05) is 24.4 Å². The fourth-order valence-corrected chi connectivity index (χ4v) is 1.75. The number of pyridine rings is 2. The number of rotatable bonds is 3. The van der Waals surface area contributed by atoms with Gasteiger partial charge in [0.1, 0.15) is 10.7 Å². The van der Waals surface area contributed by atoms with E-state index in [1.807, 2.05) is 6.07 Å². The molecule has 2 aromatic rings. The largest absolute Gasteiger partial charge is 0.388 e. The number of thiocarbonyl (C=S) groups is 1. The lowest BCUT2D eigenvalue weighted by Gasteiger charge is -2.08. The smallest absolute Gasteiger partial charge is 0.250 e. The molecule has 0 aliphatic heterocycles. The van der Waals surface area contributed by atoms with Crippen molar-refractivity contribution in [2.24, 2.45) is 5.73 Å². The topological polar surface area (TPSA) is 60.9 Å². The molecule has 2 heterocycles. The van der Waals surface area contributed by atoms with Gasteiger partial charge in [-0.3, -0.25) is 9.78 Å². The summed E-state index contributed by atoms with van der Waals surface area (Å²) < 4.78 is 1.58. The molecule has 2 aromatic heterocycles. The van der Waals surface area contributed by atoms with Gasteiger partial charge in [0.15, 0.2) is 0 Å². The Balaban J connectivity index is 2.40. The maximum atomic E-state index is 11.6. The highest BCUT2D eigenvalue weighted by atomic mass is 32.1. The minimum Gasteiger partial charge on any atom is -0.388 e. The SMILES string of the molecule is NC(=S)c1ncccc1Cn1ccccc1=O. The third-order valence-corrected chi connectivity index (χ3v) is 2.56. The van der Waals surface area contributed by atoms with Crippen molar-refractivity contribution in [2.75, 3.05) is 0 Å². The first-order chi connectivity index (χ1) is 8.18. The van der Waals surface area contributed by atoms with Crippen molar-refractivity contribution in [1.29, 1.82) is 0 Å². The van der Waals surface area contributed by atoms with E-state index in [0.29, 0.717) is 12.2 Å². The molecule has 17 heavy (non-hydrogen) atoms. The first-order valence-electron chi connectivity index (χ1n) is 5.07. The number of nitrogens with two attached hydrogens (primary N) is 1. The van der Waals surface area contributed by atoms with Crippen LogP contribution in [0.15, 0.2) is 47.5 Å². The third-order valence-electron chi connectivity index (χ3n) is 2.36. The summed E-state index contributed by atoms with van der Waals surface area (Å²) in [7, 11) is 0. The molecule has 0 saturated heterocycles. The Morgan fingerprint density at radius 1 is 1.35 bits per heavy atom. The highest BCUT2D eigenvalue weighted by molar-refractivity contribution is 7.80. The van der Waals surface area contributed by atoms with Crippen LogP contribution in [-0.4, -0.2) is 14.5 Å². The van der Waals surface area contributed by atoms with Gasteiger partial charge in [-0.25, -0.2) is 0 Å². The highest BCUT2D eigenvalue weighted by Crippen LogP contribution is 2.06. The molecular formula is C12H11N3OS. The molecule has 0 atom stereocenters. The van der Waals surface area contributed by atoms with E-state index >= 15 is 0 Å². The summed E-state index contributed by atoms with van der Waals surface area (Å²) in [4.78, 5) is 15.9. The minimum absolute atomic E-state index is 0.0646. The second-order valence-electron chi connectivity index (χ2n) is 3.54. The first-order valence-corrected chi connectivity index (χ1v) is 5.48. The molecular weight excluding hydrogens is 234 g/mol. The first kappa shape index (κ1) is 11.5. The maximum Gasteiger partial charge on any atom is 0.250 e. The average Bonchev–Trinajstić information content (AvgIpc) is 2.32. The quantitative estimate of drug-likeness (QED) is 0.817. The van der Waals surface area contributed by atoms with Gasteiger partial charge in [0.2, 0.25) is 0 Å². The van der Waals surface area contributed by atoms with Crippen molar-refractivity contribution in [3.63, 3.8) is 0 Å². The number of nitrogens with zero attached hydrogens (tertiary/aromatic N) is 2. The zero-order valence-electron chi connectivity index (χ0n) is 9.04. The molecule has 0 unspecified atom stereocenters. The number of hydrogen-bond donors (Lipinski definition) is 1. The van der Waals surface area contributed by atoms with E-state index in [9.17, 15) is 4.79 Å². The fraction of sp³-hybridized carbons (Fsp3) is 0.0833. The molecule has 0 aliphatic carbocycles. The lowest BCUT2D eigenvalue weighted by atomic mass is 10.2. The molecule has 0 radical (unpaired) electrons. The number of aromatic nitrogens is 2. The Morgan fingerprint density at radius 3 is 2.88 bits per heavy atom. The van der Waals surface area contributed by atoms with E-state index in [0.717, 1.165) is 5.56 Å². The summed E-state index contributed by atoms with van der Waals surface area (Å²) >= 11 is 4.93. The Morgan fingerprint density at radius 2 is 2.18 bits per heavy atom. The van der Waals surface area contributed by atoms with E-state index in [-0.39, 0.29) is 10.5 Å². The molecule has 86 valence electrons. The van der Waals surface area contributed by atoms with Gasteiger partial charge in [0.05, 0.1) is 6.54 Å².